The molecule has 0 bridgehead atoms. The third kappa shape index (κ3) is 4.96. The summed E-state index contributed by atoms with van der Waals surface area (Å²) >= 11 is 0. The van der Waals surface area contributed by atoms with E-state index in [2.05, 4.69) is 27.1 Å². The van der Waals surface area contributed by atoms with Crippen LogP contribution < -0.4 is 5.32 Å². The second kappa shape index (κ2) is 9.51. The molecule has 1 N–H and O–H groups in total. The van der Waals surface area contributed by atoms with Crippen molar-refractivity contribution in [1.82, 2.24) is 20.1 Å². The summed E-state index contributed by atoms with van der Waals surface area (Å²) in [6.45, 7) is 5.44. The van der Waals surface area contributed by atoms with Crippen LogP contribution in [0.4, 0.5) is 0 Å². The molecule has 0 radical (unpaired) electrons. The van der Waals surface area contributed by atoms with Crippen LogP contribution >= 0.6 is 0 Å². The minimum atomic E-state index is -0.0667. The molecule has 8 heteroatoms. The molecule has 3 aromatic rings. The van der Waals surface area contributed by atoms with E-state index >= 15 is 0 Å². The van der Waals surface area contributed by atoms with E-state index in [9.17, 15) is 4.79 Å². The van der Waals surface area contributed by atoms with E-state index in [1.807, 2.05) is 29.2 Å². The van der Waals surface area contributed by atoms with E-state index in [0.717, 1.165) is 23.6 Å². The summed E-state index contributed by atoms with van der Waals surface area (Å²) in [6.07, 6.45) is 3.96. The maximum absolute atomic E-state index is 12.4. The number of guanidine groups is 1. The number of hydrogen-bond donors (Lipinski definition) is 1. The van der Waals surface area contributed by atoms with Crippen molar-refractivity contribution in [3.63, 3.8) is 0 Å². The maximum atomic E-state index is 12.4. The van der Waals surface area contributed by atoms with E-state index in [-0.39, 0.29) is 5.91 Å². The summed E-state index contributed by atoms with van der Waals surface area (Å²) in [6, 6.07) is 11.6. The highest BCUT2D eigenvalue weighted by Crippen LogP contribution is 2.19. The molecule has 1 fully saturated rings. The maximum Gasteiger partial charge on any atom is 0.289 e. The average molecular weight is 422 g/mol. The van der Waals surface area contributed by atoms with Crippen LogP contribution in [0.15, 0.2) is 62.8 Å². The lowest BCUT2D eigenvalue weighted by molar-refractivity contribution is 0.0658. The molecule has 0 atom stereocenters. The van der Waals surface area contributed by atoms with Gasteiger partial charge in [-0.05, 0) is 31.2 Å². The molecule has 31 heavy (non-hydrogen) atoms. The highest BCUT2D eigenvalue weighted by molar-refractivity contribution is 5.91. The SMILES string of the molecule is CN=C(NCCc1coc(-c2ccc(C)cc2)n1)N1CCN(C(=O)c2ccco2)CC1. The Morgan fingerprint density at radius 1 is 1.10 bits per heavy atom. The van der Waals surface area contributed by atoms with Gasteiger partial charge in [0.2, 0.25) is 5.89 Å². The van der Waals surface area contributed by atoms with Crippen molar-refractivity contribution in [2.24, 2.45) is 4.99 Å². The van der Waals surface area contributed by atoms with Crippen molar-refractivity contribution in [1.29, 1.82) is 0 Å². The second-order valence-corrected chi connectivity index (χ2v) is 7.49. The smallest absolute Gasteiger partial charge is 0.289 e. The summed E-state index contributed by atoms with van der Waals surface area (Å²) in [5.74, 6) is 1.78. The summed E-state index contributed by atoms with van der Waals surface area (Å²) in [4.78, 5) is 25.4. The highest BCUT2D eigenvalue weighted by atomic mass is 16.3. The zero-order valence-electron chi connectivity index (χ0n) is 17.9. The van der Waals surface area contributed by atoms with Crippen LogP contribution in [0.2, 0.25) is 0 Å². The quantitative estimate of drug-likeness (QED) is 0.504. The standard InChI is InChI=1S/C23H27N5O3/c1-17-5-7-18(8-6-17)21-26-19(16-31-21)9-10-25-23(24-2)28-13-11-27(12-14-28)22(29)20-4-3-15-30-20/h3-8,15-16H,9-14H2,1-2H3,(H,24,25). The first-order valence-electron chi connectivity index (χ1n) is 10.4. The van der Waals surface area contributed by atoms with Gasteiger partial charge < -0.3 is 24.0 Å². The van der Waals surface area contributed by atoms with Gasteiger partial charge in [-0.3, -0.25) is 9.79 Å². The van der Waals surface area contributed by atoms with E-state index in [1.54, 1.807) is 25.4 Å². The van der Waals surface area contributed by atoms with Gasteiger partial charge in [-0.2, -0.15) is 0 Å². The Bertz CT molecular complexity index is 1020. The van der Waals surface area contributed by atoms with Gasteiger partial charge in [-0.15, -0.1) is 0 Å². The number of rotatable bonds is 5. The zero-order valence-corrected chi connectivity index (χ0v) is 17.9. The lowest BCUT2D eigenvalue weighted by atomic mass is 10.1. The fourth-order valence-electron chi connectivity index (χ4n) is 3.56. The molecule has 1 aromatic carbocycles. The number of nitrogens with one attached hydrogen (secondary N) is 1. The minimum absolute atomic E-state index is 0.0667. The number of furan rings is 1. The number of benzene rings is 1. The van der Waals surface area contributed by atoms with Gasteiger partial charge in [-0.1, -0.05) is 17.7 Å². The second-order valence-electron chi connectivity index (χ2n) is 7.49. The Labute approximate surface area is 181 Å². The summed E-state index contributed by atoms with van der Waals surface area (Å²) < 4.78 is 10.9. The van der Waals surface area contributed by atoms with Gasteiger partial charge in [0.05, 0.1) is 12.0 Å². The molecule has 0 aliphatic carbocycles. The largest absolute Gasteiger partial charge is 0.459 e. The summed E-state index contributed by atoms with van der Waals surface area (Å²) in [7, 11) is 1.77. The van der Waals surface area contributed by atoms with E-state index < -0.39 is 0 Å². The fraction of sp³-hybridized carbons (Fsp3) is 0.348. The number of aromatic nitrogens is 1. The Balaban J connectivity index is 1.25. The van der Waals surface area contributed by atoms with E-state index in [0.29, 0.717) is 44.4 Å². The molecule has 3 heterocycles. The normalized spacial score (nSPS) is 14.7. The number of hydrogen-bond acceptors (Lipinski definition) is 5. The highest BCUT2D eigenvalue weighted by Gasteiger charge is 2.25. The Hall–Kier alpha value is -3.55. The molecular weight excluding hydrogens is 394 g/mol. The molecule has 8 nitrogen and oxygen atoms in total. The first-order valence-corrected chi connectivity index (χ1v) is 10.4. The molecule has 0 saturated carbocycles. The molecule has 2 aromatic heterocycles. The van der Waals surface area contributed by atoms with E-state index in [4.69, 9.17) is 8.83 Å². The number of aliphatic imine (C=N–C) groups is 1. The molecule has 0 unspecified atom stereocenters. The van der Waals surface area contributed by atoms with Crippen LogP contribution in [-0.4, -0.2) is 66.4 Å². The molecule has 1 aliphatic rings. The number of amides is 1. The molecule has 0 spiro atoms. The lowest BCUT2D eigenvalue weighted by Gasteiger charge is -2.36. The predicted molar refractivity (Wildman–Crippen MR) is 118 cm³/mol. The van der Waals surface area contributed by atoms with Crippen LogP contribution in [0, 0.1) is 6.92 Å². The van der Waals surface area contributed by atoms with Gasteiger partial charge in [0.25, 0.3) is 5.91 Å². The van der Waals surface area contributed by atoms with Crippen LogP contribution in [0.1, 0.15) is 21.8 Å². The zero-order chi connectivity index (χ0) is 21.6. The molecule has 1 saturated heterocycles. The fourth-order valence-corrected chi connectivity index (χ4v) is 3.56. The topological polar surface area (TPSA) is 87.1 Å². The first-order chi connectivity index (χ1) is 15.1. The Morgan fingerprint density at radius 2 is 1.84 bits per heavy atom. The van der Waals surface area contributed by atoms with Crippen LogP contribution in [0.5, 0.6) is 0 Å². The molecule has 162 valence electrons. The Kier molecular flexibility index (Phi) is 6.35. The first kappa shape index (κ1) is 20.7. The van der Waals surface area contributed by atoms with Crippen LogP contribution in [0.3, 0.4) is 0 Å². The van der Waals surface area contributed by atoms with Gasteiger partial charge in [0.15, 0.2) is 11.7 Å². The predicted octanol–water partition coefficient (Wildman–Crippen LogP) is 2.82. The number of nitrogens with zero attached hydrogens (tertiary/aromatic N) is 4. The minimum Gasteiger partial charge on any atom is -0.459 e. The Morgan fingerprint density at radius 3 is 2.52 bits per heavy atom. The molecule has 1 aliphatic heterocycles. The van der Waals surface area contributed by atoms with Crippen molar-refractivity contribution in [2.45, 2.75) is 13.3 Å². The average Bonchev–Trinajstić information content (AvgIpc) is 3.50. The summed E-state index contributed by atoms with van der Waals surface area (Å²) in [5, 5.41) is 3.39. The number of aryl methyl sites for hydroxylation is 1. The van der Waals surface area contributed by atoms with Crippen molar-refractivity contribution in [3.8, 4) is 11.5 Å². The number of carbonyl (C=O) groups excluding carboxylic acids is 1. The van der Waals surface area contributed by atoms with Crippen molar-refractivity contribution >= 4 is 11.9 Å². The molecule has 1 amide bonds. The van der Waals surface area contributed by atoms with Crippen molar-refractivity contribution < 1.29 is 13.6 Å². The van der Waals surface area contributed by atoms with Gasteiger partial charge in [0.1, 0.15) is 6.26 Å². The van der Waals surface area contributed by atoms with Gasteiger partial charge >= 0.3 is 0 Å². The van der Waals surface area contributed by atoms with Crippen LogP contribution in [-0.2, 0) is 6.42 Å². The van der Waals surface area contributed by atoms with Crippen molar-refractivity contribution in [2.75, 3.05) is 39.8 Å². The van der Waals surface area contributed by atoms with Gasteiger partial charge in [-0.25, -0.2) is 4.98 Å². The third-order valence-corrected chi connectivity index (χ3v) is 5.32. The third-order valence-electron chi connectivity index (χ3n) is 5.32. The number of piperazine rings is 1. The molecule has 4 rings (SSSR count). The molecular formula is C23H27N5O3. The summed E-state index contributed by atoms with van der Waals surface area (Å²) in [5.41, 5.74) is 3.08. The van der Waals surface area contributed by atoms with E-state index in [1.165, 1.54) is 11.8 Å². The monoisotopic (exact) mass is 421 g/mol. The van der Waals surface area contributed by atoms with Crippen molar-refractivity contribution in [3.05, 3.63) is 65.9 Å². The van der Waals surface area contributed by atoms with Crippen LogP contribution in [0.25, 0.3) is 11.5 Å². The lowest BCUT2D eigenvalue weighted by Crippen LogP contribution is -2.54. The number of oxazole rings is 1. The number of carbonyl (C=O) groups is 1. The van der Waals surface area contributed by atoms with Gasteiger partial charge in [0, 0.05) is 51.8 Å².